The third-order valence-corrected chi connectivity index (χ3v) is 10.8. The third-order valence-electron chi connectivity index (χ3n) is 8.08. The normalized spacial score (nSPS) is 28.5. The number of sulfonamides is 1. The maximum atomic E-state index is 13.0. The second kappa shape index (κ2) is 10.1. The molecule has 0 spiro atoms. The van der Waals surface area contributed by atoms with Gasteiger partial charge in [-0.05, 0) is 60.8 Å². The minimum atomic E-state index is -3.80. The Balaban J connectivity index is 1.57. The number of fused-ring (bicyclic) bond motifs is 2. The highest BCUT2D eigenvalue weighted by molar-refractivity contribution is 7.93. The van der Waals surface area contributed by atoms with Crippen LogP contribution in [0.15, 0.2) is 41.8 Å². The van der Waals surface area contributed by atoms with Gasteiger partial charge in [-0.15, -0.1) is 17.9 Å². The number of aliphatic hydroxyl groups is 1. The van der Waals surface area contributed by atoms with E-state index in [2.05, 4.69) is 30.1 Å². The van der Waals surface area contributed by atoms with Gasteiger partial charge < -0.3 is 10.0 Å². The van der Waals surface area contributed by atoms with Crippen LogP contribution in [0.5, 0.6) is 0 Å². The second-order valence-corrected chi connectivity index (χ2v) is 13.7. The van der Waals surface area contributed by atoms with Crippen LogP contribution in [0.25, 0.3) is 0 Å². The van der Waals surface area contributed by atoms with Crippen molar-refractivity contribution in [3.63, 3.8) is 0 Å². The molecule has 196 valence electrons. The van der Waals surface area contributed by atoms with E-state index in [0.29, 0.717) is 16.7 Å². The molecule has 6 unspecified atom stereocenters. The smallest absolute Gasteiger partial charge is 0.263 e. The van der Waals surface area contributed by atoms with Crippen molar-refractivity contribution < 1.29 is 18.3 Å². The number of hydrogen-bond acceptors (Lipinski definition) is 6. The van der Waals surface area contributed by atoms with Crippen molar-refractivity contribution in [2.75, 3.05) is 18.3 Å². The maximum Gasteiger partial charge on any atom is 0.263 e. The lowest BCUT2D eigenvalue weighted by Gasteiger charge is -2.53. The number of amides is 1. The number of anilines is 1. The standard InChI is InChI=1S/C26H34ClN3O4S2/c1-6-13-30(5)24(32)15(2)19-11-12-26(4)14-20-22(16(3)21(26)23(19)31)28-25(35-20)29-36(33,34)18-9-7-17(27)8-10-18/h6-10,15-16,19,21,23,31H,1,11-14H2,2-5H3,(H,28,29). The number of rotatable bonds is 7. The average Bonchev–Trinajstić information content (AvgIpc) is 3.19. The van der Waals surface area contributed by atoms with Gasteiger partial charge in [0.25, 0.3) is 10.0 Å². The van der Waals surface area contributed by atoms with Crippen LogP contribution in [0.4, 0.5) is 5.13 Å². The van der Waals surface area contributed by atoms with E-state index in [-0.39, 0.29) is 39.9 Å². The van der Waals surface area contributed by atoms with Gasteiger partial charge in [0.15, 0.2) is 5.13 Å². The molecule has 0 bridgehead atoms. The zero-order valence-corrected chi connectivity index (χ0v) is 23.5. The fourth-order valence-electron chi connectivity index (χ4n) is 6.19. The third kappa shape index (κ3) is 4.95. The lowest BCUT2D eigenvalue weighted by molar-refractivity contribution is -0.143. The highest BCUT2D eigenvalue weighted by atomic mass is 35.5. The monoisotopic (exact) mass is 551 g/mol. The SMILES string of the molecule is C=CCN(C)C(=O)C(C)C1CCC2(C)Cc3sc(NS(=O)(=O)c4ccc(Cl)cc4)nc3C(C)C2C1O. The Hall–Kier alpha value is -1.94. The number of hydrogen-bond donors (Lipinski definition) is 2. The molecule has 36 heavy (non-hydrogen) atoms. The molecule has 0 saturated heterocycles. The number of nitrogens with zero attached hydrogens (tertiary/aromatic N) is 2. The summed E-state index contributed by atoms with van der Waals surface area (Å²) >= 11 is 7.26. The summed E-state index contributed by atoms with van der Waals surface area (Å²) in [6.07, 6.45) is 3.42. The Kier molecular flexibility index (Phi) is 7.59. The van der Waals surface area contributed by atoms with E-state index in [1.807, 2.05) is 6.92 Å². The molecule has 4 rings (SSSR count). The Morgan fingerprint density at radius 2 is 2.08 bits per heavy atom. The lowest BCUT2D eigenvalue weighted by atomic mass is 9.53. The average molecular weight is 552 g/mol. The fourth-order valence-corrected chi connectivity index (χ4v) is 8.82. The van der Waals surface area contributed by atoms with E-state index < -0.39 is 16.1 Å². The number of aromatic nitrogens is 1. The summed E-state index contributed by atoms with van der Waals surface area (Å²) < 4.78 is 28.4. The fraction of sp³-hybridized carbons (Fsp3) is 0.538. The van der Waals surface area contributed by atoms with Gasteiger partial charge in [0.2, 0.25) is 5.91 Å². The van der Waals surface area contributed by atoms with Crippen LogP contribution in [-0.4, -0.2) is 49.0 Å². The summed E-state index contributed by atoms with van der Waals surface area (Å²) in [4.78, 5) is 20.5. The van der Waals surface area contributed by atoms with Crippen molar-refractivity contribution in [1.29, 1.82) is 0 Å². The molecule has 2 N–H and O–H groups in total. The molecule has 6 atom stereocenters. The molecule has 2 aromatic rings. The molecule has 1 saturated carbocycles. The maximum absolute atomic E-state index is 13.0. The van der Waals surface area contributed by atoms with Gasteiger partial charge in [-0.25, -0.2) is 13.4 Å². The first-order chi connectivity index (χ1) is 16.9. The van der Waals surface area contributed by atoms with E-state index in [0.717, 1.165) is 29.8 Å². The molecular weight excluding hydrogens is 518 g/mol. The summed E-state index contributed by atoms with van der Waals surface area (Å²) in [5, 5.41) is 12.4. The molecule has 1 fully saturated rings. The van der Waals surface area contributed by atoms with Crippen molar-refractivity contribution in [3.05, 3.63) is 52.5 Å². The Morgan fingerprint density at radius 3 is 2.72 bits per heavy atom. The molecule has 10 heteroatoms. The van der Waals surface area contributed by atoms with Gasteiger partial charge in [0, 0.05) is 35.3 Å². The molecule has 1 amide bonds. The highest BCUT2D eigenvalue weighted by Crippen LogP contribution is 2.57. The molecular formula is C26H34ClN3O4S2. The van der Waals surface area contributed by atoms with E-state index in [9.17, 15) is 18.3 Å². The number of likely N-dealkylation sites (N-methyl/N-ethyl adjacent to an activating group) is 1. The van der Waals surface area contributed by atoms with Crippen molar-refractivity contribution in [3.8, 4) is 0 Å². The van der Waals surface area contributed by atoms with Crippen LogP contribution in [0.1, 0.15) is 50.1 Å². The van der Waals surface area contributed by atoms with Crippen LogP contribution in [0, 0.1) is 23.2 Å². The summed E-state index contributed by atoms with van der Waals surface area (Å²) in [5.41, 5.74) is 0.676. The zero-order valence-electron chi connectivity index (χ0n) is 21.1. The first-order valence-corrected chi connectivity index (χ1v) is 14.9. The van der Waals surface area contributed by atoms with Crippen LogP contribution in [-0.2, 0) is 21.2 Å². The summed E-state index contributed by atoms with van der Waals surface area (Å²) in [5.74, 6) is -0.589. The minimum absolute atomic E-state index is 0.0132. The number of halogens is 1. The van der Waals surface area contributed by atoms with Crippen molar-refractivity contribution in [2.24, 2.45) is 23.2 Å². The number of carbonyl (C=O) groups is 1. The van der Waals surface area contributed by atoms with E-state index >= 15 is 0 Å². The van der Waals surface area contributed by atoms with Gasteiger partial charge in [-0.2, -0.15) is 0 Å². The predicted molar refractivity (Wildman–Crippen MR) is 144 cm³/mol. The molecule has 1 heterocycles. The summed E-state index contributed by atoms with van der Waals surface area (Å²) in [6, 6.07) is 5.99. The topological polar surface area (TPSA) is 99.6 Å². The van der Waals surface area contributed by atoms with E-state index in [1.165, 1.54) is 35.6 Å². The largest absolute Gasteiger partial charge is 0.392 e. The molecule has 1 aromatic heterocycles. The Bertz CT molecular complexity index is 1250. The number of benzene rings is 1. The number of nitrogens with one attached hydrogen (secondary N) is 1. The van der Waals surface area contributed by atoms with Crippen molar-refractivity contribution in [2.45, 2.75) is 57.0 Å². The van der Waals surface area contributed by atoms with Gasteiger partial charge >= 0.3 is 0 Å². The van der Waals surface area contributed by atoms with Crippen LogP contribution < -0.4 is 4.72 Å². The first kappa shape index (κ1) is 27.1. The van der Waals surface area contributed by atoms with Crippen LogP contribution in [0.3, 0.4) is 0 Å². The van der Waals surface area contributed by atoms with Crippen molar-refractivity contribution >= 4 is 44.0 Å². The van der Waals surface area contributed by atoms with Crippen LogP contribution in [0.2, 0.25) is 5.02 Å². The predicted octanol–water partition coefficient (Wildman–Crippen LogP) is 4.93. The number of carbonyl (C=O) groups excluding carboxylic acids is 1. The number of thiazole rings is 1. The molecule has 0 aliphatic heterocycles. The Labute approximate surface area is 222 Å². The van der Waals surface area contributed by atoms with Gasteiger partial charge in [0.05, 0.1) is 16.7 Å². The minimum Gasteiger partial charge on any atom is -0.392 e. The Morgan fingerprint density at radius 1 is 1.42 bits per heavy atom. The summed E-state index contributed by atoms with van der Waals surface area (Å²) in [7, 11) is -2.04. The van der Waals surface area contributed by atoms with Gasteiger partial charge in [0.1, 0.15) is 0 Å². The van der Waals surface area contributed by atoms with E-state index in [4.69, 9.17) is 11.6 Å². The molecule has 0 radical (unpaired) electrons. The lowest BCUT2D eigenvalue weighted by Crippen LogP contribution is -2.53. The van der Waals surface area contributed by atoms with Crippen molar-refractivity contribution in [1.82, 2.24) is 9.88 Å². The van der Waals surface area contributed by atoms with Crippen LogP contribution >= 0.6 is 22.9 Å². The van der Waals surface area contributed by atoms with Gasteiger partial charge in [-0.3, -0.25) is 9.52 Å². The molecule has 1 aromatic carbocycles. The highest BCUT2D eigenvalue weighted by Gasteiger charge is 2.54. The van der Waals surface area contributed by atoms with Gasteiger partial charge in [-0.1, -0.05) is 38.4 Å². The summed E-state index contributed by atoms with van der Waals surface area (Å²) in [6.45, 7) is 10.3. The molecule has 2 aliphatic rings. The number of aliphatic hydroxyl groups excluding tert-OH is 1. The van der Waals surface area contributed by atoms with E-state index in [1.54, 1.807) is 18.0 Å². The molecule has 7 nitrogen and oxygen atoms in total. The second-order valence-electron chi connectivity index (χ2n) is 10.5. The zero-order chi connectivity index (χ0) is 26.4. The molecule has 2 aliphatic carbocycles. The quantitative estimate of drug-likeness (QED) is 0.475. The first-order valence-electron chi connectivity index (χ1n) is 12.2.